The summed E-state index contributed by atoms with van der Waals surface area (Å²) in [5.74, 6) is 0.426. The van der Waals surface area contributed by atoms with Crippen LogP contribution in [0.25, 0.3) is 0 Å². The van der Waals surface area contributed by atoms with Crippen molar-refractivity contribution in [2.45, 2.75) is 12.5 Å². The smallest absolute Gasteiger partial charge is 0.276 e. The lowest BCUT2D eigenvalue weighted by atomic mass is 10.00. The van der Waals surface area contributed by atoms with Gasteiger partial charge in [0, 0.05) is 12.0 Å². The zero-order valence-electron chi connectivity index (χ0n) is 11.0. The van der Waals surface area contributed by atoms with Crippen LogP contribution in [0.3, 0.4) is 0 Å². The summed E-state index contributed by atoms with van der Waals surface area (Å²) in [6.07, 6.45) is -0.590. The fourth-order valence-electron chi connectivity index (χ4n) is 2.01. The van der Waals surface area contributed by atoms with Crippen molar-refractivity contribution in [3.05, 3.63) is 69.8 Å². The van der Waals surface area contributed by atoms with E-state index in [-0.39, 0.29) is 12.1 Å². The van der Waals surface area contributed by atoms with Gasteiger partial charge in [-0.05, 0) is 17.7 Å². The number of aliphatic hydroxyl groups is 1. The van der Waals surface area contributed by atoms with Crippen molar-refractivity contribution in [3.63, 3.8) is 0 Å². The predicted molar refractivity (Wildman–Crippen MR) is 74.8 cm³/mol. The third-order valence-electron chi connectivity index (χ3n) is 3.09. The molecule has 0 aromatic heterocycles. The summed E-state index contributed by atoms with van der Waals surface area (Å²) in [4.78, 5) is 10.6. The highest BCUT2D eigenvalue weighted by atomic mass is 16.6. The predicted octanol–water partition coefficient (Wildman–Crippen LogP) is 2.88. The summed E-state index contributed by atoms with van der Waals surface area (Å²) in [6.45, 7) is 0. The van der Waals surface area contributed by atoms with Crippen LogP contribution in [0, 0.1) is 10.1 Å². The highest BCUT2D eigenvalue weighted by molar-refractivity contribution is 5.46. The molecule has 0 saturated carbocycles. The standard InChI is InChI=1S/C15H15NO4/c1-20-13-8-7-12(14(10-13)16(18)19)9-15(17)11-5-3-2-4-6-11/h2-8,10,15,17H,9H2,1H3. The summed E-state index contributed by atoms with van der Waals surface area (Å²) >= 11 is 0. The fourth-order valence-corrected chi connectivity index (χ4v) is 2.01. The molecule has 0 amide bonds. The van der Waals surface area contributed by atoms with Crippen LogP contribution < -0.4 is 4.74 Å². The fraction of sp³-hybridized carbons (Fsp3) is 0.200. The maximum atomic E-state index is 11.1. The Morgan fingerprint density at radius 1 is 1.25 bits per heavy atom. The number of nitrogens with zero attached hydrogens (tertiary/aromatic N) is 1. The van der Waals surface area contributed by atoms with Crippen LogP contribution in [-0.2, 0) is 6.42 Å². The topological polar surface area (TPSA) is 72.6 Å². The lowest BCUT2D eigenvalue weighted by Crippen LogP contribution is -2.04. The molecule has 0 aliphatic rings. The van der Waals surface area contributed by atoms with Crippen molar-refractivity contribution in [2.75, 3.05) is 7.11 Å². The summed E-state index contributed by atoms with van der Waals surface area (Å²) in [5, 5.41) is 21.2. The Kier molecular flexibility index (Phi) is 4.32. The van der Waals surface area contributed by atoms with Gasteiger partial charge in [0.15, 0.2) is 0 Å². The molecule has 0 radical (unpaired) electrons. The van der Waals surface area contributed by atoms with Crippen LogP contribution in [0.1, 0.15) is 17.2 Å². The average molecular weight is 273 g/mol. The van der Waals surface area contributed by atoms with E-state index in [9.17, 15) is 15.2 Å². The summed E-state index contributed by atoms with van der Waals surface area (Å²) in [6, 6.07) is 13.7. The van der Waals surface area contributed by atoms with E-state index >= 15 is 0 Å². The van der Waals surface area contributed by atoms with E-state index in [0.29, 0.717) is 11.3 Å². The van der Waals surface area contributed by atoms with E-state index in [4.69, 9.17) is 4.74 Å². The average Bonchev–Trinajstić information content (AvgIpc) is 2.48. The maximum Gasteiger partial charge on any atom is 0.276 e. The molecule has 104 valence electrons. The SMILES string of the molecule is COc1ccc(CC(O)c2ccccc2)c([N+](=O)[O-])c1. The minimum atomic E-state index is -0.775. The van der Waals surface area contributed by atoms with Crippen molar-refractivity contribution in [1.82, 2.24) is 0 Å². The summed E-state index contributed by atoms with van der Waals surface area (Å²) in [7, 11) is 1.46. The van der Waals surface area contributed by atoms with Crippen LogP contribution in [0.5, 0.6) is 5.75 Å². The monoisotopic (exact) mass is 273 g/mol. The minimum Gasteiger partial charge on any atom is -0.497 e. The van der Waals surface area contributed by atoms with Gasteiger partial charge in [0.2, 0.25) is 0 Å². The van der Waals surface area contributed by atoms with Gasteiger partial charge < -0.3 is 9.84 Å². The molecule has 2 aromatic rings. The molecular formula is C15H15NO4. The first kappa shape index (κ1) is 14.0. The van der Waals surface area contributed by atoms with Gasteiger partial charge in [0.1, 0.15) is 5.75 Å². The largest absolute Gasteiger partial charge is 0.497 e. The molecule has 0 aliphatic heterocycles. The van der Waals surface area contributed by atoms with Gasteiger partial charge in [-0.1, -0.05) is 30.3 Å². The third-order valence-corrected chi connectivity index (χ3v) is 3.09. The van der Waals surface area contributed by atoms with Crippen LogP contribution >= 0.6 is 0 Å². The zero-order valence-corrected chi connectivity index (χ0v) is 11.0. The van der Waals surface area contributed by atoms with Crippen molar-refractivity contribution < 1.29 is 14.8 Å². The first-order valence-electron chi connectivity index (χ1n) is 6.16. The molecule has 0 aliphatic carbocycles. The van der Waals surface area contributed by atoms with Gasteiger partial charge >= 0.3 is 0 Å². The maximum absolute atomic E-state index is 11.1. The Morgan fingerprint density at radius 2 is 1.95 bits per heavy atom. The van der Waals surface area contributed by atoms with E-state index in [1.807, 2.05) is 18.2 Å². The third kappa shape index (κ3) is 3.13. The quantitative estimate of drug-likeness (QED) is 0.671. The normalized spacial score (nSPS) is 11.9. The van der Waals surface area contributed by atoms with Crippen LogP contribution in [-0.4, -0.2) is 17.1 Å². The summed E-state index contributed by atoms with van der Waals surface area (Å²) < 4.78 is 4.98. The highest BCUT2D eigenvalue weighted by Gasteiger charge is 2.18. The Morgan fingerprint density at radius 3 is 2.55 bits per heavy atom. The number of methoxy groups -OCH3 is 1. The molecule has 1 atom stereocenters. The second kappa shape index (κ2) is 6.16. The molecule has 2 aromatic carbocycles. The van der Waals surface area contributed by atoms with Crippen molar-refractivity contribution in [2.24, 2.45) is 0 Å². The molecule has 1 unspecified atom stereocenters. The Labute approximate surface area is 116 Å². The van der Waals surface area contributed by atoms with Crippen molar-refractivity contribution >= 4 is 5.69 Å². The number of ether oxygens (including phenoxy) is 1. The lowest BCUT2D eigenvalue weighted by Gasteiger charge is -2.11. The molecular weight excluding hydrogens is 258 g/mol. The van der Waals surface area contributed by atoms with Gasteiger partial charge in [-0.25, -0.2) is 0 Å². The van der Waals surface area contributed by atoms with Gasteiger partial charge in [0.25, 0.3) is 5.69 Å². The van der Waals surface area contributed by atoms with Gasteiger partial charge in [-0.3, -0.25) is 10.1 Å². The van der Waals surface area contributed by atoms with E-state index in [1.165, 1.54) is 13.2 Å². The molecule has 0 bridgehead atoms. The minimum absolute atomic E-state index is 0.0423. The number of nitro groups is 1. The van der Waals surface area contributed by atoms with Crippen molar-refractivity contribution in [1.29, 1.82) is 0 Å². The van der Waals surface area contributed by atoms with E-state index in [1.54, 1.807) is 24.3 Å². The Balaban J connectivity index is 2.27. The Hall–Kier alpha value is -2.40. The first-order valence-corrected chi connectivity index (χ1v) is 6.16. The molecule has 5 nitrogen and oxygen atoms in total. The van der Waals surface area contributed by atoms with Crippen LogP contribution in [0.4, 0.5) is 5.69 Å². The molecule has 5 heteroatoms. The number of aliphatic hydroxyl groups excluding tert-OH is 1. The second-order valence-corrected chi connectivity index (χ2v) is 4.38. The number of hydrogen-bond acceptors (Lipinski definition) is 4. The van der Waals surface area contributed by atoms with Gasteiger partial charge in [0.05, 0.1) is 24.2 Å². The van der Waals surface area contributed by atoms with E-state index in [0.717, 1.165) is 5.56 Å². The van der Waals surface area contributed by atoms with Gasteiger partial charge in [-0.2, -0.15) is 0 Å². The van der Waals surface area contributed by atoms with Crippen LogP contribution in [0.2, 0.25) is 0 Å². The van der Waals surface area contributed by atoms with Crippen LogP contribution in [0.15, 0.2) is 48.5 Å². The Bertz CT molecular complexity index is 598. The molecule has 0 saturated heterocycles. The lowest BCUT2D eigenvalue weighted by molar-refractivity contribution is -0.385. The van der Waals surface area contributed by atoms with E-state index < -0.39 is 11.0 Å². The van der Waals surface area contributed by atoms with Crippen molar-refractivity contribution in [3.8, 4) is 5.75 Å². The first-order chi connectivity index (χ1) is 9.61. The zero-order chi connectivity index (χ0) is 14.5. The number of nitro benzene ring substituents is 1. The number of rotatable bonds is 5. The highest BCUT2D eigenvalue weighted by Crippen LogP contribution is 2.28. The molecule has 0 fully saturated rings. The molecule has 0 heterocycles. The van der Waals surface area contributed by atoms with Gasteiger partial charge in [-0.15, -0.1) is 0 Å². The molecule has 20 heavy (non-hydrogen) atoms. The molecule has 0 spiro atoms. The molecule has 2 rings (SSSR count). The number of benzene rings is 2. The van der Waals surface area contributed by atoms with E-state index in [2.05, 4.69) is 0 Å². The number of hydrogen-bond donors (Lipinski definition) is 1. The summed E-state index contributed by atoms with van der Waals surface area (Å²) in [5.41, 5.74) is 1.17. The molecule has 1 N–H and O–H groups in total. The second-order valence-electron chi connectivity index (χ2n) is 4.38.